The molecule has 0 radical (unpaired) electrons. The molecule has 5 rings (SSSR count). The van der Waals surface area contributed by atoms with Gasteiger partial charge in [-0.25, -0.2) is 19.7 Å². The number of rotatable bonds is 8. The van der Waals surface area contributed by atoms with Crippen molar-refractivity contribution in [2.45, 2.75) is 33.1 Å². The first-order valence-corrected chi connectivity index (χ1v) is 16.9. The van der Waals surface area contributed by atoms with Crippen molar-refractivity contribution < 1.29 is 27.3 Å². The monoisotopic (exact) mass is 641 g/mol. The minimum absolute atomic E-state index is 0.125. The Morgan fingerprint density at radius 2 is 1.84 bits per heavy atom. The van der Waals surface area contributed by atoms with Gasteiger partial charge in [-0.15, -0.1) is 0 Å². The number of aromatic nitrogens is 3. The Hall–Kier alpha value is -3.84. The molecule has 1 N–H and O–H groups in total. The molecule has 15 heteroatoms. The Morgan fingerprint density at radius 1 is 1.14 bits per heavy atom. The van der Waals surface area contributed by atoms with Crippen LogP contribution in [-0.2, 0) is 19.1 Å². The van der Waals surface area contributed by atoms with Crippen molar-refractivity contribution in [1.82, 2.24) is 24.8 Å². The third kappa shape index (κ3) is 6.63. The van der Waals surface area contributed by atoms with Crippen LogP contribution in [0.1, 0.15) is 38.7 Å². The second-order valence-corrected chi connectivity index (χ2v) is 13.7. The summed E-state index contributed by atoms with van der Waals surface area (Å²) in [6.45, 7) is 6.15. The molecule has 0 aliphatic carbocycles. The molecule has 1 aromatic carbocycles. The molecule has 44 heavy (non-hydrogen) atoms. The molecule has 0 bridgehead atoms. The Balaban J connectivity index is 1.46. The smallest absolute Gasteiger partial charge is 0.328 e. The normalized spacial score (nSPS) is 17.5. The zero-order valence-electron chi connectivity index (χ0n) is 25.1. The number of aliphatic carboxylic acids is 1. The average Bonchev–Trinajstić information content (AvgIpc) is 3.44. The van der Waals surface area contributed by atoms with Crippen LogP contribution in [0.5, 0.6) is 0 Å². The summed E-state index contributed by atoms with van der Waals surface area (Å²) in [6.07, 6.45) is 6.03. The van der Waals surface area contributed by atoms with Gasteiger partial charge in [0.1, 0.15) is 6.61 Å². The highest BCUT2D eigenvalue weighted by Crippen LogP contribution is 2.37. The average molecular weight is 642 g/mol. The third-order valence-corrected chi connectivity index (χ3v) is 9.73. The van der Waals surface area contributed by atoms with E-state index >= 15 is 0 Å². The number of carbonyl (C=O) groups excluding carboxylic acids is 1. The molecule has 0 atom stereocenters. The standard InChI is InChI=1S/C29H35N7O6S2/c1-5-29(25(37)38)9-11-35(12-10-29)26-30-16-22(17-31-26)21-14-20(8-7-13-42-44(4,40)41)24-23(15-21)32-27(43-24)36-19-33(3)18-34(6-2)28(36)39/h14-17H,5-6,9-13,18-19H2,1-4H3,(H,37,38). The number of nitrogens with zero attached hydrogens (tertiary/aromatic N) is 7. The molecule has 3 aromatic rings. The Labute approximate surface area is 260 Å². The number of hydrogen-bond acceptors (Lipinski definition) is 11. The van der Waals surface area contributed by atoms with Crippen LogP contribution in [0, 0.1) is 17.3 Å². The quantitative estimate of drug-likeness (QED) is 0.285. The number of benzene rings is 1. The fourth-order valence-electron chi connectivity index (χ4n) is 5.40. The van der Waals surface area contributed by atoms with Gasteiger partial charge in [0, 0.05) is 43.2 Å². The number of hydrogen-bond donors (Lipinski definition) is 1. The molecule has 2 aliphatic heterocycles. The first-order valence-electron chi connectivity index (χ1n) is 14.3. The molecule has 0 saturated carbocycles. The van der Waals surface area contributed by atoms with Gasteiger partial charge in [-0.2, -0.15) is 8.42 Å². The van der Waals surface area contributed by atoms with Gasteiger partial charge in [-0.3, -0.25) is 18.8 Å². The van der Waals surface area contributed by atoms with E-state index in [1.165, 1.54) is 11.3 Å². The van der Waals surface area contributed by atoms with Gasteiger partial charge in [0.05, 0.1) is 35.2 Å². The molecular weight excluding hydrogens is 606 g/mol. The van der Waals surface area contributed by atoms with Gasteiger partial charge in [0.2, 0.25) is 5.95 Å². The van der Waals surface area contributed by atoms with Crippen LogP contribution in [0.3, 0.4) is 0 Å². The lowest BCUT2D eigenvalue weighted by Crippen LogP contribution is -2.56. The van der Waals surface area contributed by atoms with Gasteiger partial charge >= 0.3 is 12.0 Å². The largest absolute Gasteiger partial charge is 0.481 e. The lowest BCUT2D eigenvalue weighted by Gasteiger charge is -2.38. The Kier molecular flexibility index (Phi) is 9.07. The molecule has 2 amide bonds. The first kappa shape index (κ1) is 31.6. The number of anilines is 2. The van der Waals surface area contributed by atoms with Gasteiger partial charge in [0.15, 0.2) is 5.13 Å². The van der Waals surface area contributed by atoms with E-state index < -0.39 is 21.5 Å². The lowest BCUT2D eigenvalue weighted by molar-refractivity contribution is -0.150. The van der Waals surface area contributed by atoms with Gasteiger partial charge in [-0.1, -0.05) is 30.1 Å². The highest BCUT2D eigenvalue weighted by Gasteiger charge is 2.40. The Morgan fingerprint density at radius 3 is 2.45 bits per heavy atom. The van der Waals surface area contributed by atoms with Gasteiger partial charge in [0.25, 0.3) is 10.1 Å². The fraction of sp³-hybridized carbons (Fsp3) is 0.483. The predicted octanol–water partition coefficient (Wildman–Crippen LogP) is 3.27. The van der Waals surface area contributed by atoms with E-state index in [2.05, 4.69) is 21.8 Å². The van der Waals surface area contributed by atoms with E-state index in [0.717, 1.165) is 22.1 Å². The minimum Gasteiger partial charge on any atom is -0.481 e. The summed E-state index contributed by atoms with van der Waals surface area (Å²) in [5, 5.41) is 10.2. The lowest BCUT2D eigenvalue weighted by atomic mass is 9.76. The maximum absolute atomic E-state index is 13.1. The molecular formula is C29H35N7O6S2. The summed E-state index contributed by atoms with van der Waals surface area (Å²) in [5.74, 6) is 5.58. The number of carboxylic acids is 1. The number of carbonyl (C=O) groups is 2. The summed E-state index contributed by atoms with van der Waals surface area (Å²) in [4.78, 5) is 46.4. The zero-order valence-corrected chi connectivity index (χ0v) is 26.7. The van der Waals surface area contributed by atoms with E-state index in [0.29, 0.717) is 74.4 Å². The number of carboxylic acid groups (broad SMARTS) is 1. The van der Waals surface area contributed by atoms with Crippen LogP contribution >= 0.6 is 11.3 Å². The van der Waals surface area contributed by atoms with Crippen molar-refractivity contribution in [1.29, 1.82) is 0 Å². The molecule has 13 nitrogen and oxygen atoms in total. The SMILES string of the molecule is CCN1CN(C)CN(c2nc3cc(-c4cnc(N5CCC(CC)(C(=O)O)CC5)nc4)cc(C#CCOS(C)(=O)=O)c3s2)C1=O. The molecule has 2 fully saturated rings. The second-order valence-electron chi connectivity index (χ2n) is 11.0. The molecule has 2 aromatic heterocycles. The molecule has 2 aliphatic rings. The zero-order chi connectivity index (χ0) is 31.6. The van der Waals surface area contributed by atoms with Crippen molar-refractivity contribution in [3.05, 3.63) is 30.1 Å². The predicted molar refractivity (Wildman–Crippen MR) is 168 cm³/mol. The van der Waals surface area contributed by atoms with Crippen LogP contribution in [0.4, 0.5) is 15.9 Å². The summed E-state index contributed by atoms with van der Waals surface area (Å²) >= 11 is 1.34. The van der Waals surface area contributed by atoms with Crippen LogP contribution in [0.2, 0.25) is 0 Å². The summed E-state index contributed by atoms with van der Waals surface area (Å²) in [5.41, 5.74) is 2.00. The number of fused-ring (bicyclic) bond motifs is 1. The van der Waals surface area contributed by atoms with E-state index in [9.17, 15) is 23.1 Å². The van der Waals surface area contributed by atoms with Crippen LogP contribution in [0.25, 0.3) is 21.3 Å². The third-order valence-electron chi connectivity index (χ3n) is 8.06. The van der Waals surface area contributed by atoms with Crippen molar-refractivity contribution in [2.75, 3.05) is 62.7 Å². The first-order chi connectivity index (χ1) is 20.9. The van der Waals surface area contributed by atoms with Crippen LogP contribution < -0.4 is 9.80 Å². The molecule has 0 unspecified atom stereocenters. The van der Waals surface area contributed by atoms with E-state index in [1.807, 2.05) is 42.8 Å². The van der Waals surface area contributed by atoms with Gasteiger partial charge in [-0.05, 0) is 50.9 Å². The highest BCUT2D eigenvalue weighted by atomic mass is 32.2. The molecule has 0 spiro atoms. The maximum atomic E-state index is 13.1. The number of urea groups is 1. The second kappa shape index (κ2) is 12.6. The van der Waals surface area contributed by atoms with E-state index in [4.69, 9.17) is 9.17 Å². The summed E-state index contributed by atoms with van der Waals surface area (Å²) in [7, 11) is -1.71. The van der Waals surface area contributed by atoms with Crippen molar-refractivity contribution in [3.8, 4) is 23.0 Å². The van der Waals surface area contributed by atoms with Crippen molar-refractivity contribution >= 4 is 54.8 Å². The number of piperidine rings is 1. The Bertz CT molecular complexity index is 1720. The maximum Gasteiger partial charge on any atom is 0.328 e. The fourth-order valence-corrected chi connectivity index (χ4v) is 6.67. The van der Waals surface area contributed by atoms with Crippen molar-refractivity contribution in [2.24, 2.45) is 5.41 Å². The minimum atomic E-state index is -3.64. The number of thiazole rings is 1. The molecule has 234 valence electrons. The topological polar surface area (TPSA) is 149 Å². The summed E-state index contributed by atoms with van der Waals surface area (Å²) in [6, 6.07) is 3.63. The van der Waals surface area contributed by atoms with E-state index in [-0.39, 0.29) is 12.6 Å². The molecule has 2 saturated heterocycles. The van der Waals surface area contributed by atoms with Crippen LogP contribution in [0.15, 0.2) is 24.5 Å². The highest BCUT2D eigenvalue weighted by molar-refractivity contribution is 7.86. The molecule has 4 heterocycles. The van der Waals surface area contributed by atoms with Crippen molar-refractivity contribution in [3.63, 3.8) is 0 Å². The van der Waals surface area contributed by atoms with Gasteiger partial charge < -0.3 is 14.9 Å². The van der Waals surface area contributed by atoms with E-state index in [1.54, 1.807) is 22.2 Å². The van der Waals surface area contributed by atoms with Crippen LogP contribution in [-0.4, -0.2) is 103 Å². The summed E-state index contributed by atoms with van der Waals surface area (Å²) < 4.78 is 28.4. The number of amides is 2.